The van der Waals surface area contributed by atoms with Crippen molar-refractivity contribution in [3.63, 3.8) is 0 Å². The second kappa shape index (κ2) is 5.30. The molecule has 2 heterocycles. The molecule has 0 spiro atoms. The monoisotopic (exact) mass is 217 g/mol. The Hall–Kier alpha value is -1.84. The molecule has 4 heteroatoms. The molecular weight excluding hydrogens is 202 g/mol. The summed E-state index contributed by atoms with van der Waals surface area (Å²) in [5.41, 5.74) is 1.85. The first-order valence-corrected chi connectivity index (χ1v) is 5.49. The van der Waals surface area contributed by atoms with Gasteiger partial charge in [0.2, 0.25) is 5.95 Å². The summed E-state index contributed by atoms with van der Waals surface area (Å²) in [6.07, 6.45) is 7.36. The zero-order chi connectivity index (χ0) is 11.2. The first-order valence-electron chi connectivity index (χ1n) is 5.49. The van der Waals surface area contributed by atoms with Gasteiger partial charge in [0.05, 0.1) is 18.2 Å². The van der Waals surface area contributed by atoms with Crippen LogP contribution in [-0.4, -0.2) is 16.5 Å². The average Bonchev–Trinajstić information content (AvgIpc) is 2.83. The second-order valence-corrected chi connectivity index (χ2v) is 3.56. The molecule has 0 fully saturated rings. The molecule has 0 saturated carbocycles. The minimum Gasteiger partial charge on any atom is -0.472 e. The van der Waals surface area contributed by atoms with Gasteiger partial charge in [-0.2, -0.15) is 0 Å². The third-order valence-corrected chi connectivity index (χ3v) is 2.29. The summed E-state index contributed by atoms with van der Waals surface area (Å²) in [7, 11) is 0. The maximum absolute atomic E-state index is 5.03. The molecule has 0 atom stereocenters. The summed E-state index contributed by atoms with van der Waals surface area (Å²) in [4.78, 5) is 8.57. The van der Waals surface area contributed by atoms with E-state index in [0.717, 1.165) is 30.6 Å². The molecular formula is C12H15N3O. The number of unbranched alkanes of at least 4 members (excludes halogenated alkanes) is 1. The fraction of sp³-hybridized carbons (Fsp3) is 0.333. The van der Waals surface area contributed by atoms with Crippen molar-refractivity contribution in [2.75, 3.05) is 11.9 Å². The lowest BCUT2D eigenvalue weighted by atomic mass is 10.2. The fourth-order valence-electron chi connectivity index (χ4n) is 1.39. The van der Waals surface area contributed by atoms with Crippen molar-refractivity contribution in [2.45, 2.75) is 19.8 Å². The largest absolute Gasteiger partial charge is 0.472 e. The molecule has 1 N–H and O–H groups in total. The van der Waals surface area contributed by atoms with Crippen LogP contribution >= 0.6 is 0 Å². The van der Waals surface area contributed by atoms with Crippen molar-refractivity contribution in [3.8, 4) is 11.3 Å². The Balaban J connectivity index is 2.08. The number of furan rings is 1. The van der Waals surface area contributed by atoms with Crippen LogP contribution in [0, 0.1) is 0 Å². The van der Waals surface area contributed by atoms with E-state index in [1.807, 2.05) is 12.1 Å². The predicted molar refractivity (Wildman–Crippen MR) is 63.1 cm³/mol. The molecule has 0 aliphatic carbocycles. The van der Waals surface area contributed by atoms with Gasteiger partial charge in [-0.25, -0.2) is 9.97 Å². The van der Waals surface area contributed by atoms with Crippen molar-refractivity contribution >= 4 is 5.95 Å². The molecule has 0 saturated heterocycles. The zero-order valence-corrected chi connectivity index (χ0v) is 9.31. The maximum Gasteiger partial charge on any atom is 0.223 e. The van der Waals surface area contributed by atoms with E-state index in [1.165, 1.54) is 0 Å². The third-order valence-electron chi connectivity index (χ3n) is 2.29. The van der Waals surface area contributed by atoms with Crippen molar-refractivity contribution in [2.24, 2.45) is 0 Å². The topological polar surface area (TPSA) is 51.0 Å². The van der Waals surface area contributed by atoms with E-state index < -0.39 is 0 Å². The van der Waals surface area contributed by atoms with Crippen LogP contribution in [0.5, 0.6) is 0 Å². The van der Waals surface area contributed by atoms with E-state index in [0.29, 0.717) is 5.95 Å². The van der Waals surface area contributed by atoms with Crippen LogP contribution in [0.1, 0.15) is 19.8 Å². The summed E-state index contributed by atoms with van der Waals surface area (Å²) < 4.78 is 5.03. The van der Waals surface area contributed by atoms with Crippen molar-refractivity contribution in [3.05, 3.63) is 30.9 Å². The lowest BCUT2D eigenvalue weighted by Crippen LogP contribution is -2.04. The molecule has 0 unspecified atom stereocenters. The average molecular weight is 217 g/mol. The number of anilines is 1. The molecule has 0 aromatic carbocycles. The minimum atomic E-state index is 0.673. The van der Waals surface area contributed by atoms with Gasteiger partial charge in [0.1, 0.15) is 0 Å². The number of nitrogens with zero attached hydrogens (tertiary/aromatic N) is 2. The summed E-state index contributed by atoms with van der Waals surface area (Å²) in [5, 5.41) is 3.20. The van der Waals surface area contributed by atoms with Crippen molar-refractivity contribution in [1.82, 2.24) is 9.97 Å². The fourth-order valence-corrected chi connectivity index (χ4v) is 1.39. The standard InChI is InChI=1S/C12H15N3O/c1-2-3-6-13-12-14-7-4-11(15-12)10-5-8-16-9-10/h4-5,7-9H,2-3,6H2,1H3,(H,13,14,15). The van der Waals surface area contributed by atoms with Crippen LogP contribution in [0.3, 0.4) is 0 Å². The number of aromatic nitrogens is 2. The van der Waals surface area contributed by atoms with Gasteiger partial charge in [-0.05, 0) is 18.6 Å². The third kappa shape index (κ3) is 2.59. The molecule has 2 aromatic heterocycles. The SMILES string of the molecule is CCCCNc1nccc(-c2ccoc2)n1. The van der Waals surface area contributed by atoms with Gasteiger partial charge in [0.15, 0.2) is 0 Å². The first-order chi connectivity index (χ1) is 7.90. The van der Waals surface area contributed by atoms with Crippen LogP contribution in [0.15, 0.2) is 35.3 Å². The van der Waals surface area contributed by atoms with Crippen molar-refractivity contribution < 1.29 is 4.42 Å². The highest BCUT2D eigenvalue weighted by atomic mass is 16.3. The smallest absolute Gasteiger partial charge is 0.223 e. The van der Waals surface area contributed by atoms with Crippen LogP contribution in [0.4, 0.5) is 5.95 Å². The van der Waals surface area contributed by atoms with E-state index in [-0.39, 0.29) is 0 Å². The molecule has 84 valence electrons. The van der Waals surface area contributed by atoms with Gasteiger partial charge < -0.3 is 9.73 Å². The number of hydrogen-bond acceptors (Lipinski definition) is 4. The molecule has 0 bridgehead atoms. The van der Waals surface area contributed by atoms with Crippen LogP contribution in [0.2, 0.25) is 0 Å². The van der Waals surface area contributed by atoms with Crippen LogP contribution in [-0.2, 0) is 0 Å². The van der Waals surface area contributed by atoms with Crippen molar-refractivity contribution in [1.29, 1.82) is 0 Å². The summed E-state index contributed by atoms with van der Waals surface area (Å²) in [6.45, 7) is 3.07. The molecule has 4 nitrogen and oxygen atoms in total. The Morgan fingerprint density at radius 2 is 2.31 bits per heavy atom. The van der Waals surface area contributed by atoms with E-state index in [9.17, 15) is 0 Å². The van der Waals surface area contributed by atoms with E-state index in [2.05, 4.69) is 22.2 Å². The lowest BCUT2D eigenvalue weighted by molar-refractivity contribution is 0.568. The van der Waals surface area contributed by atoms with Gasteiger partial charge in [-0.15, -0.1) is 0 Å². The quantitative estimate of drug-likeness (QED) is 0.782. The normalized spacial score (nSPS) is 10.3. The summed E-state index contributed by atoms with van der Waals surface area (Å²) in [6, 6.07) is 3.76. The zero-order valence-electron chi connectivity index (χ0n) is 9.31. The highest BCUT2D eigenvalue weighted by Crippen LogP contribution is 2.17. The minimum absolute atomic E-state index is 0.673. The molecule has 0 aliphatic rings. The number of rotatable bonds is 5. The first kappa shape index (κ1) is 10.7. The Labute approximate surface area is 94.7 Å². The molecule has 2 aromatic rings. The van der Waals surface area contributed by atoms with Gasteiger partial charge in [-0.3, -0.25) is 0 Å². The molecule has 0 radical (unpaired) electrons. The summed E-state index contributed by atoms with van der Waals surface area (Å²) >= 11 is 0. The Bertz CT molecular complexity index is 426. The number of hydrogen-bond donors (Lipinski definition) is 1. The molecule has 16 heavy (non-hydrogen) atoms. The van der Waals surface area contributed by atoms with Crippen LogP contribution < -0.4 is 5.32 Å². The highest BCUT2D eigenvalue weighted by Gasteiger charge is 2.02. The highest BCUT2D eigenvalue weighted by molar-refractivity contribution is 5.58. The van der Waals surface area contributed by atoms with Gasteiger partial charge in [0.25, 0.3) is 0 Å². The molecule has 0 aliphatic heterocycles. The van der Waals surface area contributed by atoms with E-state index in [4.69, 9.17) is 4.42 Å². The maximum atomic E-state index is 5.03. The van der Waals surface area contributed by atoms with Crippen LogP contribution in [0.25, 0.3) is 11.3 Å². The van der Waals surface area contributed by atoms with Gasteiger partial charge in [-0.1, -0.05) is 13.3 Å². The molecule has 0 amide bonds. The van der Waals surface area contributed by atoms with Gasteiger partial charge in [0, 0.05) is 18.3 Å². The Morgan fingerprint density at radius 3 is 3.06 bits per heavy atom. The second-order valence-electron chi connectivity index (χ2n) is 3.56. The Kier molecular flexibility index (Phi) is 3.53. The van der Waals surface area contributed by atoms with Gasteiger partial charge >= 0.3 is 0 Å². The molecule has 2 rings (SSSR count). The predicted octanol–water partition coefficient (Wildman–Crippen LogP) is 2.95. The Morgan fingerprint density at radius 1 is 1.38 bits per heavy atom. The van der Waals surface area contributed by atoms with E-state index in [1.54, 1.807) is 18.7 Å². The lowest BCUT2D eigenvalue weighted by Gasteiger charge is -2.04. The van der Waals surface area contributed by atoms with E-state index >= 15 is 0 Å². The number of nitrogens with one attached hydrogen (secondary N) is 1. The summed E-state index contributed by atoms with van der Waals surface area (Å²) in [5.74, 6) is 0.673.